The fourth-order valence-corrected chi connectivity index (χ4v) is 1.63. The molecule has 0 unspecified atom stereocenters. The second kappa shape index (κ2) is 4.49. The molecule has 0 saturated carbocycles. The molecule has 0 radical (unpaired) electrons. The van der Waals surface area contributed by atoms with Crippen molar-refractivity contribution in [3.8, 4) is 12.3 Å². The summed E-state index contributed by atoms with van der Waals surface area (Å²) in [7, 11) is 0. The van der Waals surface area contributed by atoms with Gasteiger partial charge in [-0.1, -0.05) is 5.92 Å². The number of nitro benzene ring substituents is 1. The van der Waals surface area contributed by atoms with E-state index in [2.05, 4.69) is 16.2 Å². The van der Waals surface area contributed by atoms with Gasteiger partial charge >= 0.3 is 0 Å². The summed E-state index contributed by atoms with van der Waals surface area (Å²) in [5.41, 5.74) is 0.810. The van der Waals surface area contributed by atoms with Gasteiger partial charge in [-0.3, -0.25) is 15.1 Å². The molecule has 0 amide bonds. The molecule has 2 aromatic rings. The van der Waals surface area contributed by atoms with Crippen LogP contribution in [-0.2, 0) is 0 Å². The molecule has 0 atom stereocenters. The topological polar surface area (TPSA) is 68.1 Å². The number of hydrogen-bond acceptors (Lipinski definition) is 4. The predicted molar refractivity (Wildman–Crippen MR) is 65.7 cm³/mol. The quantitative estimate of drug-likeness (QED) is 0.495. The number of nitrogens with zero attached hydrogens (tertiary/aromatic N) is 2. The lowest BCUT2D eigenvalue weighted by Gasteiger charge is -2.07. The average Bonchev–Trinajstić information content (AvgIpc) is 2.35. The maximum Gasteiger partial charge on any atom is 0.278 e. The number of anilines is 1. The molecule has 0 fully saturated rings. The normalized spacial score (nSPS) is 9.82. The van der Waals surface area contributed by atoms with Crippen LogP contribution in [0.4, 0.5) is 11.4 Å². The van der Waals surface area contributed by atoms with E-state index in [-0.39, 0.29) is 5.69 Å². The highest BCUT2D eigenvalue weighted by atomic mass is 16.6. The second-order valence-electron chi connectivity index (χ2n) is 3.37. The van der Waals surface area contributed by atoms with Gasteiger partial charge in [-0.25, -0.2) is 0 Å². The highest BCUT2D eigenvalue weighted by molar-refractivity contribution is 5.99. The number of pyridine rings is 1. The Labute approximate surface area is 97.6 Å². The van der Waals surface area contributed by atoms with Gasteiger partial charge in [-0.15, -0.1) is 6.42 Å². The summed E-state index contributed by atoms with van der Waals surface area (Å²) < 4.78 is 0. The third-order valence-electron chi connectivity index (χ3n) is 2.37. The number of benzene rings is 1. The van der Waals surface area contributed by atoms with Crippen LogP contribution < -0.4 is 5.32 Å². The summed E-state index contributed by atoms with van der Waals surface area (Å²) in [5.74, 6) is 2.46. The molecule has 0 spiro atoms. The van der Waals surface area contributed by atoms with Crippen molar-refractivity contribution in [3.05, 3.63) is 40.7 Å². The summed E-state index contributed by atoms with van der Waals surface area (Å²) in [6, 6.07) is 4.82. The number of terminal acetylenes is 1. The minimum atomic E-state index is -0.422. The summed E-state index contributed by atoms with van der Waals surface area (Å²) in [4.78, 5) is 14.3. The Bertz CT molecular complexity index is 617. The molecule has 0 saturated heterocycles. The first kappa shape index (κ1) is 10.9. The maximum atomic E-state index is 10.9. The Balaban J connectivity index is 2.63. The van der Waals surface area contributed by atoms with E-state index in [9.17, 15) is 10.1 Å². The zero-order chi connectivity index (χ0) is 12.3. The van der Waals surface area contributed by atoms with Crippen molar-refractivity contribution >= 4 is 22.1 Å². The molecule has 17 heavy (non-hydrogen) atoms. The summed E-state index contributed by atoms with van der Waals surface area (Å²) >= 11 is 0. The third-order valence-corrected chi connectivity index (χ3v) is 2.37. The first-order chi connectivity index (χ1) is 8.24. The first-order valence-electron chi connectivity index (χ1n) is 4.92. The van der Waals surface area contributed by atoms with E-state index in [1.807, 2.05) is 0 Å². The lowest BCUT2D eigenvalue weighted by atomic mass is 10.1. The molecule has 5 heteroatoms. The molecule has 1 N–H and O–H groups in total. The van der Waals surface area contributed by atoms with Crippen LogP contribution in [0.25, 0.3) is 10.8 Å². The molecule has 2 rings (SSSR count). The molecular formula is C12H9N3O2. The standard InChI is InChI=1S/C12H9N3O2/c1-2-6-14-11-3-4-12(15(16)17)10-8-13-7-5-9(10)11/h1,3-5,7-8,14H,6H2. The Kier molecular flexibility index (Phi) is 2.88. The fourth-order valence-electron chi connectivity index (χ4n) is 1.63. The van der Waals surface area contributed by atoms with E-state index in [0.717, 1.165) is 11.1 Å². The van der Waals surface area contributed by atoms with Gasteiger partial charge in [0.1, 0.15) is 0 Å². The Hall–Kier alpha value is -2.61. The van der Waals surface area contributed by atoms with Crippen LogP contribution in [0, 0.1) is 22.5 Å². The van der Waals surface area contributed by atoms with Crippen molar-refractivity contribution in [1.29, 1.82) is 0 Å². The minimum Gasteiger partial charge on any atom is -0.374 e. The molecule has 5 nitrogen and oxygen atoms in total. The molecule has 1 aromatic heterocycles. The van der Waals surface area contributed by atoms with Crippen LogP contribution in [0.2, 0.25) is 0 Å². The van der Waals surface area contributed by atoms with Gasteiger partial charge in [0.15, 0.2) is 0 Å². The van der Waals surface area contributed by atoms with Crippen LogP contribution >= 0.6 is 0 Å². The van der Waals surface area contributed by atoms with Crippen LogP contribution in [0.5, 0.6) is 0 Å². The Morgan fingerprint density at radius 2 is 2.24 bits per heavy atom. The smallest absolute Gasteiger partial charge is 0.278 e. The number of fused-ring (bicyclic) bond motifs is 1. The fraction of sp³-hybridized carbons (Fsp3) is 0.0833. The van der Waals surface area contributed by atoms with E-state index in [1.165, 1.54) is 12.3 Å². The van der Waals surface area contributed by atoms with Gasteiger partial charge < -0.3 is 5.32 Å². The zero-order valence-corrected chi connectivity index (χ0v) is 8.88. The van der Waals surface area contributed by atoms with Crippen LogP contribution in [0.1, 0.15) is 0 Å². The van der Waals surface area contributed by atoms with E-state index in [0.29, 0.717) is 11.9 Å². The van der Waals surface area contributed by atoms with Crippen molar-refractivity contribution in [2.45, 2.75) is 0 Å². The number of non-ortho nitro benzene ring substituents is 1. The summed E-state index contributed by atoms with van der Waals surface area (Å²) in [6.07, 6.45) is 8.24. The van der Waals surface area contributed by atoms with E-state index in [4.69, 9.17) is 6.42 Å². The average molecular weight is 227 g/mol. The Morgan fingerprint density at radius 3 is 2.94 bits per heavy atom. The molecule has 1 heterocycles. The summed E-state index contributed by atoms with van der Waals surface area (Å²) in [5, 5.41) is 15.1. The zero-order valence-electron chi connectivity index (χ0n) is 8.88. The van der Waals surface area contributed by atoms with Gasteiger partial charge in [0.2, 0.25) is 0 Å². The minimum absolute atomic E-state index is 0.0411. The highest BCUT2D eigenvalue weighted by Crippen LogP contribution is 2.30. The molecule has 1 aromatic carbocycles. The highest BCUT2D eigenvalue weighted by Gasteiger charge is 2.13. The van der Waals surface area contributed by atoms with E-state index >= 15 is 0 Å². The molecule has 84 valence electrons. The predicted octanol–water partition coefficient (Wildman–Crippen LogP) is 2.19. The second-order valence-corrected chi connectivity index (χ2v) is 3.37. The maximum absolute atomic E-state index is 10.9. The van der Waals surface area contributed by atoms with E-state index in [1.54, 1.807) is 18.3 Å². The van der Waals surface area contributed by atoms with Crippen molar-refractivity contribution < 1.29 is 4.92 Å². The van der Waals surface area contributed by atoms with Crippen molar-refractivity contribution in [3.63, 3.8) is 0 Å². The van der Waals surface area contributed by atoms with Crippen LogP contribution in [-0.4, -0.2) is 16.5 Å². The monoisotopic (exact) mass is 227 g/mol. The first-order valence-corrected chi connectivity index (χ1v) is 4.92. The molecule has 0 bridgehead atoms. The van der Waals surface area contributed by atoms with Crippen molar-refractivity contribution in [2.24, 2.45) is 0 Å². The number of rotatable bonds is 3. The number of nitrogens with one attached hydrogen (secondary N) is 1. The molecule has 0 aliphatic carbocycles. The molecule has 0 aliphatic rings. The van der Waals surface area contributed by atoms with Gasteiger partial charge in [0.05, 0.1) is 16.9 Å². The van der Waals surface area contributed by atoms with Gasteiger partial charge in [0.25, 0.3) is 5.69 Å². The van der Waals surface area contributed by atoms with Crippen LogP contribution in [0.3, 0.4) is 0 Å². The lowest BCUT2D eigenvalue weighted by molar-refractivity contribution is -0.383. The van der Waals surface area contributed by atoms with E-state index < -0.39 is 4.92 Å². The van der Waals surface area contributed by atoms with Crippen LogP contribution in [0.15, 0.2) is 30.6 Å². The van der Waals surface area contributed by atoms with Crippen molar-refractivity contribution in [2.75, 3.05) is 11.9 Å². The molecular weight excluding hydrogens is 218 g/mol. The Morgan fingerprint density at radius 1 is 1.41 bits per heavy atom. The largest absolute Gasteiger partial charge is 0.374 e. The molecule has 0 aliphatic heterocycles. The number of aromatic nitrogens is 1. The van der Waals surface area contributed by atoms with Gasteiger partial charge in [-0.05, 0) is 12.1 Å². The summed E-state index contributed by atoms with van der Waals surface area (Å²) in [6.45, 7) is 0.370. The number of hydrogen-bond donors (Lipinski definition) is 1. The SMILES string of the molecule is C#CCNc1ccc([N+](=O)[O-])c2cnccc12. The lowest BCUT2D eigenvalue weighted by Crippen LogP contribution is -2.00. The number of nitro groups is 1. The third kappa shape index (κ3) is 2.01. The van der Waals surface area contributed by atoms with Gasteiger partial charge in [0, 0.05) is 29.5 Å². The van der Waals surface area contributed by atoms with Crippen molar-refractivity contribution in [1.82, 2.24) is 4.98 Å². The van der Waals surface area contributed by atoms with Gasteiger partial charge in [-0.2, -0.15) is 0 Å².